The molecule has 1 fully saturated rings. The van der Waals surface area contributed by atoms with Crippen molar-refractivity contribution in [2.24, 2.45) is 0 Å². The van der Waals surface area contributed by atoms with Gasteiger partial charge in [-0.3, -0.25) is 5.10 Å². The first-order chi connectivity index (χ1) is 18.7. The van der Waals surface area contributed by atoms with Crippen LogP contribution in [0.2, 0.25) is 0 Å². The molecule has 5 aromatic rings. The van der Waals surface area contributed by atoms with Gasteiger partial charge in [-0.2, -0.15) is 0 Å². The van der Waals surface area contributed by atoms with Gasteiger partial charge in [-0.25, -0.2) is 19.7 Å². The van der Waals surface area contributed by atoms with Crippen LogP contribution in [0.4, 0.5) is 22.2 Å². The predicted octanol–water partition coefficient (Wildman–Crippen LogP) is 4.01. The molecule has 1 aliphatic rings. The van der Waals surface area contributed by atoms with Crippen LogP contribution in [-0.4, -0.2) is 67.5 Å². The summed E-state index contributed by atoms with van der Waals surface area (Å²) in [6, 6.07) is 21.2. The van der Waals surface area contributed by atoms with Crippen LogP contribution < -0.4 is 10.2 Å². The zero-order chi connectivity index (χ0) is 25.7. The second kappa shape index (κ2) is 10.5. The summed E-state index contributed by atoms with van der Waals surface area (Å²) in [5, 5.41) is 13.9. The number of piperazine rings is 1. The highest BCUT2D eigenvalue weighted by Crippen LogP contribution is 2.23. The van der Waals surface area contributed by atoms with Crippen LogP contribution in [-0.2, 0) is 11.3 Å². The van der Waals surface area contributed by atoms with E-state index in [2.05, 4.69) is 40.6 Å². The highest BCUT2D eigenvalue weighted by molar-refractivity contribution is 5.79. The molecular weight excluding hydrogens is 482 g/mol. The van der Waals surface area contributed by atoms with Gasteiger partial charge in [0.15, 0.2) is 0 Å². The Bertz CT molecular complexity index is 1530. The summed E-state index contributed by atoms with van der Waals surface area (Å²) in [4.78, 5) is 30.0. The molecule has 4 heterocycles. The van der Waals surface area contributed by atoms with Crippen molar-refractivity contribution in [1.29, 1.82) is 0 Å². The van der Waals surface area contributed by atoms with E-state index in [9.17, 15) is 4.79 Å². The topological polar surface area (TPSA) is 125 Å². The maximum absolute atomic E-state index is 12.4. The first-order valence-electron chi connectivity index (χ1n) is 12.3. The lowest BCUT2D eigenvalue weighted by Gasteiger charge is -2.34. The lowest BCUT2D eigenvalue weighted by molar-refractivity contribution is 0.0941. The Morgan fingerprint density at radius 1 is 0.974 bits per heavy atom. The number of hydrogen-bond donors (Lipinski definition) is 2. The second-order valence-corrected chi connectivity index (χ2v) is 8.85. The molecule has 1 aliphatic heterocycles. The number of benzene rings is 2. The number of hydrogen-bond acceptors (Lipinski definition) is 9. The van der Waals surface area contributed by atoms with E-state index >= 15 is 0 Å². The molecule has 6 rings (SSSR count). The molecule has 0 aliphatic carbocycles. The zero-order valence-electron chi connectivity index (χ0n) is 20.5. The van der Waals surface area contributed by atoms with Gasteiger partial charge in [0.1, 0.15) is 17.9 Å². The Kier molecular flexibility index (Phi) is 6.46. The van der Waals surface area contributed by atoms with Gasteiger partial charge in [0, 0.05) is 49.8 Å². The molecule has 0 radical (unpaired) electrons. The van der Waals surface area contributed by atoms with E-state index in [1.807, 2.05) is 72.9 Å². The summed E-state index contributed by atoms with van der Waals surface area (Å²) in [6.45, 7) is 2.81. The minimum absolute atomic E-state index is 0.278. The molecule has 1 amide bonds. The van der Waals surface area contributed by atoms with Crippen molar-refractivity contribution in [3.63, 3.8) is 0 Å². The standard InChI is InChI=1S/C27H25N9O2/c37-27(38-18-19-4-2-1-3-5-19)36-14-12-35(13-15-36)25-9-6-20(17-29-25)22-10-11-28-26(31-22)30-21-7-8-23-24(16-21)33-34-32-23/h1-11,16-17H,12-15,18H2,(H,28,30,31)(H,32,33,34). The van der Waals surface area contributed by atoms with Gasteiger partial charge in [-0.1, -0.05) is 35.5 Å². The molecular formula is C27H25N9O2. The molecule has 38 heavy (non-hydrogen) atoms. The number of aromatic nitrogens is 6. The minimum atomic E-state index is -0.286. The molecule has 0 atom stereocenters. The molecule has 0 saturated carbocycles. The molecule has 2 aromatic carbocycles. The Labute approximate surface area is 218 Å². The van der Waals surface area contributed by atoms with Crippen LogP contribution >= 0.6 is 0 Å². The van der Waals surface area contributed by atoms with Gasteiger partial charge >= 0.3 is 6.09 Å². The smallest absolute Gasteiger partial charge is 0.410 e. The van der Waals surface area contributed by atoms with E-state index in [0.717, 1.165) is 39.4 Å². The fourth-order valence-corrected chi connectivity index (χ4v) is 4.28. The highest BCUT2D eigenvalue weighted by Gasteiger charge is 2.23. The molecule has 1 saturated heterocycles. The predicted molar refractivity (Wildman–Crippen MR) is 143 cm³/mol. The van der Waals surface area contributed by atoms with Gasteiger partial charge in [-0.05, 0) is 42.0 Å². The van der Waals surface area contributed by atoms with Gasteiger partial charge in [-0.15, -0.1) is 5.10 Å². The average molecular weight is 508 g/mol. The molecule has 0 bridgehead atoms. The van der Waals surface area contributed by atoms with E-state index < -0.39 is 0 Å². The second-order valence-electron chi connectivity index (χ2n) is 8.85. The van der Waals surface area contributed by atoms with Gasteiger partial charge in [0.25, 0.3) is 0 Å². The number of nitrogens with one attached hydrogen (secondary N) is 2. The van der Waals surface area contributed by atoms with Crippen LogP contribution in [0.25, 0.3) is 22.3 Å². The number of pyridine rings is 1. The lowest BCUT2D eigenvalue weighted by atomic mass is 10.2. The van der Waals surface area contributed by atoms with Crippen molar-refractivity contribution in [2.45, 2.75) is 6.61 Å². The molecule has 0 spiro atoms. The third kappa shape index (κ3) is 5.21. The van der Waals surface area contributed by atoms with Crippen LogP contribution in [0, 0.1) is 0 Å². The molecule has 2 N–H and O–H groups in total. The van der Waals surface area contributed by atoms with E-state index in [-0.39, 0.29) is 12.7 Å². The number of aromatic amines is 1. The SMILES string of the molecule is O=C(OCc1ccccc1)N1CCN(c2ccc(-c3ccnc(Nc4ccc5[nH]nnc5c4)n3)cn2)CC1. The fourth-order valence-electron chi connectivity index (χ4n) is 4.28. The van der Waals surface area contributed by atoms with Crippen LogP contribution in [0.3, 0.4) is 0 Å². The maximum Gasteiger partial charge on any atom is 0.410 e. The zero-order valence-corrected chi connectivity index (χ0v) is 20.5. The number of H-pyrrole nitrogens is 1. The Morgan fingerprint density at radius 2 is 1.84 bits per heavy atom. The normalized spacial score (nSPS) is 13.5. The summed E-state index contributed by atoms with van der Waals surface area (Å²) in [5.74, 6) is 1.34. The number of amides is 1. The average Bonchev–Trinajstić information content (AvgIpc) is 3.45. The van der Waals surface area contributed by atoms with Crippen molar-refractivity contribution in [3.8, 4) is 11.3 Å². The fraction of sp³-hybridized carbons (Fsp3) is 0.185. The maximum atomic E-state index is 12.4. The lowest BCUT2D eigenvalue weighted by Crippen LogP contribution is -2.49. The first kappa shape index (κ1) is 23.3. The van der Waals surface area contributed by atoms with E-state index in [0.29, 0.717) is 32.1 Å². The van der Waals surface area contributed by atoms with Crippen LogP contribution in [0.15, 0.2) is 79.1 Å². The Balaban J connectivity index is 1.05. The van der Waals surface area contributed by atoms with Crippen molar-refractivity contribution in [3.05, 3.63) is 84.7 Å². The summed E-state index contributed by atoms with van der Waals surface area (Å²) in [6.07, 6.45) is 3.23. The largest absolute Gasteiger partial charge is 0.445 e. The number of ether oxygens (including phenoxy) is 1. The summed E-state index contributed by atoms with van der Waals surface area (Å²) < 4.78 is 5.46. The van der Waals surface area contributed by atoms with Gasteiger partial charge < -0.3 is 19.9 Å². The van der Waals surface area contributed by atoms with Crippen molar-refractivity contribution < 1.29 is 9.53 Å². The Hall–Kier alpha value is -5.06. The molecule has 11 heteroatoms. The van der Waals surface area contributed by atoms with E-state index in [4.69, 9.17) is 4.74 Å². The highest BCUT2D eigenvalue weighted by atomic mass is 16.6. The van der Waals surface area contributed by atoms with Gasteiger partial charge in [0.05, 0.1) is 11.2 Å². The van der Waals surface area contributed by atoms with E-state index in [1.54, 1.807) is 11.1 Å². The number of rotatable bonds is 6. The van der Waals surface area contributed by atoms with Crippen molar-refractivity contribution in [2.75, 3.05) is 36.4 Å². The number of carbonyl (C=O) groups is 1. The molecule has 11 nitrogen and oxygen atoms in total. The quantitative estimate of drug-likeness (QED) is 0.351. The van der Waals surface area contributed by atoms with E-state index in [1.165, 1.54) is 0 Å². The molecule has 3 aromatic heterocycles. The summed E-state index contributed by atoms with van der Waals surface area (Å²) in [5.41, 5.74) is 5.06. The number of fused-ring (bicyclic) bond motifs is 1. The number of carbonyl (C=O) groups excluding carboxylic acids is 1. The van der Waals surface area contributed by atoms with Crippen LogP contribution in [0.1, 0.15) is 5.56 Å². The number of nitrogens with zero attached hydrogens (tertiary/aromatic N) is 7. The molecule has 190 valence electrons. The third-order valence-corrected chi connectivity index (χ3v) is 6.35. The minimum Gasteiger partial charge on any atom is -0.445 e. The summed E-state index contributed by atoms with van der Waals surface area (Å²) in [7, 11) is 0. The summed E-state index contributed by atoms with van der Waals surface area (Å²) >= 11 is 0. The monoisotopic (exact) mass is 507 g/mol. The number of anilines is 3. The van der Waals surface area contributed by atoms with Gasteiger partial charge in [0.2, 0.25) is 5.95 Å². The van der Waals surface area contributed by atoms with Crippen molar-refractivity contribution in [1.82, 2.24) is 35.3 Å². The Morgan fingerprint density at radius 3 is 2.66 bits per heavy atom. The molecule has 0 unspecified atom stereocenters. The third-order valence-electron chi connectivity index (χ3n) is 6.35. The first-order valence-corrected chi connectivity index (χ1v) is 12.3. The van der Waals surface area contributed by atoms with Crippen molar-refractivity contribution >= 4 is 34.6 Å². The van der Waals surface area contributed by atoms with Crippen LogP contribution in [0.5, 0.6) is 0 Å².